The molecule has 1 heterocycles. The Hall–Kier alpha value is -2.77. The number of nitrogens with zero attached hydrogens (tertiary/aromatic N) is 1. The molecule has 8 heteroatoms. The van der Waals surface area contributed by atoms with Crippen LogP contribution in [0.25, 0.3) is 12.2 Å². The van der Waals surface area contributed by atoms with E-state index in [0.717, 1.165) is 21.2 Å². The van der Waals surface area contributed by atoms with Crippen molar-refractivity contribution >= 4 is 51.7 Å². The zero-order valence-electron chi connectivity index (χ0n) is 21.6. The molecular formula is C29H34BrClN2O4. The van der Waals surface area contributed by atoms with E-state index in [4.69, 9.17) is 21.1 Å². The van der Waals surface area contributed by atoms with E-state index in [9.17, 15) is 9.59 Å². The Labute approximate surface area is 232 Å². The average molecular weight is 590 g/mol. The van der Waals surface area contributed by atoms with Gasteiger partial charge in [0.25, 0.3) is 0 Å². The number of piperidine rings is 1. The van der Waals surface area contributed by atoms with E-state index in [1.165, 1.54) is 0 Å². The highest BCUT2D eigenvalue weighted by atomic mass is 79.9. The third kappa shape index (κ3) is 9.24. The van der Waals surface area contributed by atoms with Gasteiger partial charge in [-0.05, 0) is 80.6 Å². The largest absolute Gasteiger partial charge is 0.490 e. The Morgan fingerprint density at radius 3 is 2.54 bits per heavy atom. The normalized spacial score (nSPS) is 14.5. The summed E-state index contributed by atoms with van der Waals surface area (Å²) >= 11 is 9.59. The first kappa shape index (κ1) is 28.8. The summed E-state index contributed by atoms with van der Waals surface area (Å²) in [4.78, 5) is 26.8. The van der Waals surface area contributed by atoms with E-state index in [0.29, 0.717) is 49.9 Å². The van der Waals surface area contributed by atoms with Crippen LogP contribution in [0.5, 0.6) is 5.75 Å². The first-order chi connectivity index (χ1) is 17.5. The monoisotopic (exact) mass is 588 g/mol. The van der Waals surface area contributed by atoms with Crippen molar-refractivity contribution in [3.63, 3.8) is 0 Å². The third-order valence-corrected chi connectivity index (χ3v) is 6.68. The van der Waals surface area contributed by atoms with Gasteiger partial charge in [0.15, 0.2) is 0 Å². The van der Waals surface area contributed by atoms with Gasteiger partial charge in [0.1, 0.15) is 18.0 Å². The van der Waals surface area contributed by atoms with Crippen molar-refractivity contribution in [3.05, 3.63) is 75.2 Å². The Morgan fingerprint density at radius 1 is 1.16 bits per heavy atom. The van der Waals surface area contributed by atoms with Gasteiger partial charge in [0, 0.05) is 35.0 Å². The molecular weight excluding hydrogens is 556 g/mol. The molecule has 0 atom stereocenters. The summed E-state index contributed by atoms with van der Waals surface area (Å²) in [6, 6.07) is 11.5. The molecule has 1 N–H and O–H groups in total. The molecule has 0 spiro atoms. The Kier molecular flexibility index (Phi) is 10.2. The second-order valence-electron chi connectivity index (χ2n) is 9.97. The molecule has 0 unspecified atom stereocenters. The van der Waals surface area contributed by atoms with Crippen LogP contribution < -0.4 is 10.1 Å². The summed E-state index contributed by atoms with van der Waals surface area (Å²) in [5.41, 5.74) is 2.33. The van der Waals surface area contributed by atoms with Crippen LogP contribution in [0.3, 0.4) is 0 Å². The predicted molar refractivity (Wildman–Crippen MR) is 153 cm³/mol. The van der Waals surface area contributed by atoms with Crippen molar-refractivity contribution in [2.45, 2.75) is 45.8 Å². The van der Waals surface area contributed by atoms with E-state index in [-0.39, 0.29) is 17.9 Å². The summed E-state index contributed by atoms with van der Waals surface area (Å²) < 4.78 is 12.1. The molecule has 0 bridgehead atoms. The van der Waals surface area contributed by atoms with Gasteiger partial charge >= 0.3 is 6.09 Å². The van der Waals surface area contributed by atoms with Crippen LogP contribution in [0.4, 0.5) is 4.79 Å². The maximum Gasteiger partial charge on any atom is 0.410 e. The van der Waals surface area contributed by atoms with Crippen LogP contribution in [0, 0.1) is 5.92 Å². The standard InChI is InChI=1S/C29H34BrClN2O4/c1-5-14-36-25-16-20(6-7-22-8-9-24(31)18-26(22)30)15-21(17-25)19-32-27(34)23-10-12-33(13-11-23)28(35)37-29(2,3)4/h5-9,15-18,23H,1,10-14,19H2,2-4H3,(H,32,34). The minimum atomic E-state index is -0.533. The molecule has 1 saturated heterocycles. The Morgan fingerprint density at radius 2 is 1.89 bits per heavy atom. The van der Waals surface area contributed by atoms with Crippen LogP contribution in [-0.2, 0) is 16.1 Å². The molecule has 1 aliphatic heterocycles. The predicted octanol–water partition coefficient (Wildman–Crippen LogP) is 7.10. The second kappa shape index (κ2) is 13.2. The van der Waals surface area contributed by atoms with Crippen molar-refractivity contribution in [2.75, 3.05) is 19.7 Å². The van der Waals surface area contributed by atoms with E-state index < -0.39 is 5.60 Å². The quantitative estimate of drug-likeness (QED) is 0.263. The lowest BCUT2D eigenvalue weighted by atomic mass is 9.96. The molecule has 2 aromatic rings. The lowest BCUT2D eigenvalue weighted by Crippen LogP contribution is -2.44. The number of hydrogen-bond acceptors (Lipinski definition) is 4. The zero-order valence-corrected chi connectivity index (χ0v) is 23.9. The van der Waals surface area contributed by atoms with Crippen LogP contribution in [0.1, 0.15) is 50.3 Å². The molecule has 2 amide bonds. The highest BCUT2D eigenvalue weighted by Gasteiger charge is 2.29. The van der Waals surface area contributed by atoms with Gasteiger partial charge in [0.2, 0.25) is 5.91 Å². The number of halogens is 2. The van der Waals surface area contributed by atoms with Crippen LogP contribution in [-0.4, -0.2) is 42.2 Å². The average Bonchev–Trinajstić information content (AvgIpc) is 2.84. The van der Waals surface area contributed by atoms with Gasteiger partial charge in [-0.1, -0.05) is 58.4 Å². The van der Waals surface area contributed by atoms with Crippen molar-refractivity contribution in [1.29, 1.82) is 0 Å². The lowest BCUT2D eigenvalue weighted by Gasteiger charge is -2.32. The van der Waals surface area contributed by atoms with Crippen LogP contribution in [0.15, 0.2) is 53.5 Å². The number of rotatable bonds is 8. The number of ether oxygens (including phenoxy) is 2. The van der Waals surface area contributed by atoms with Crippen molar-refractivity contribution < 1.29 is 19.1 Å². The fourth-order valence-electron chi connectivity index (χ4n) is 3.93. The summed E-state index contributed by atoms with van der Waals surface area (Å²) in [7, 11) is 0. The molecule has 3 rings (SSSR count). The molecule has 1 aliphatic rings. The number of nitrogens with one attached hydrogen (secondary N) is 1. The molecule has 0 radical (unpaired) electrons. The first-order valence-corrected chi connectivity index (χ1v) is 13.5. The fourth-order valence-corrected chi connectivity index (χ4v) is 4.74. The summed E-state index contributed by atoms with van der Waals surface area (Å²) in [6.45, 7) is 11.0. The molecule has 6 nitrogen and oxygen atoms in total. The van der Waals surface area contributed by atoms with Crippen molar-refractivity contribution in [3.8, 4) is 5.75 Å². The SMILES string of the molecule is C=CCOc1cc(C=Cc2ccc(Cl)cc2Br)cc(CNC(=O)C2CCN(C(=O)OC(C)(C)C)CC2)c1. The van der Waals surface area contributed by atoms with E-state index >= 15 is 0 Å². The number of carbonyl (C=O) groups excluding carboxylic acids is 2. The highest BCUT2D eigenvalue weighted by molar-refractivity contribution is 9.10. The summed E-state index contributed by atoms with van der Waals surface area (Å²) in [5, 5.41) is 3.72. The summed E-state index contributed by atoms with van der Waals surface area (Å²) in [5.74, 6) is 0.552. The number of amides is 2. The number of carbonyl (C=O) groups is 2. The van der Waals surface area contributed by atoms with E-state index in [1.54, 1.807) is 11.0 Å². The van der Waals surface area contributed by atoms with E-state index in [1.807, 2.05) is 69.3 Å². The minimum Gasteiger partial charge on any atom is -0.490 e. The molecule has 0 aliphatic carbocycles. The van der Waals surface area contributed by atoms with E-state index in [2.05, 4.69) is 27.8 Å². The maximum absolute atomic E-state index is 12.9. The molecule has 2 aromatic carbocycles. The number of benzene rings is 2. The van der Waals surface area contributed by atoms with Gasteiger partial charge in [-0.3, -0.25) is 4.79 Å². The minimum absolute atomic E-state index is 0.0107. The smallest absolute Gasteiger partial charge is 0.410 e. The number of likely N-dealkylation sites (tertiary alicyclic amines) is 1. The molecule has 37 heavy (non-hydrogen) atoms. The summed E-state index contributed by atoms with van der Waals surface area (Å²) in [6.07, 6.45) is 6.57. The maximum atomic E-state index is 12.9. The van der Waals surface area contributed by atoms with Crippen molar-refractivity contribution in [1.82, 2.24) is 10.2 Å². The van der Waals surface area contributed by atoms with Gasteiger partial charge in [-0.25, -0.2) is 4.79 Å². The van der Waals surface area contributed by atoms with Crippen LogP contribution in [0.2, 0.25) is 5.02 Å². The Bertz CT molecular complexity index is 1150. The Balaban J connectivity index is 1.62. The van der Waals surface area contributed by atoms with Crippen LogP contribution >= 0.6 is 27.5 Å². The third-order valence-electron chi connectivity index (χ3n) is 5.76. The number of hydrogen-bond donors (Lipinski definition) is 1. The zero-order chi connectivity index (χ0) is 27.0. The van der Waals surface area contributed by atoms with Gasteiger partial charge in [-0.15, -0.1) is 0 Å². The molecule has 0 aromatic heterocycles. The fraction of sp³-hybridized carbons (Fsp3) is 0.379. The second-order valence-corrected chi connectivity index (χ2v) is 11.3. The van der Waals surface area contributed by atoms with Gasteiger partial charge < -0.3 is 19.7 Å². The molecule has 1 fully saturated rings. The molecule has 198 valence electrons. The topological polar surface area (TPSA) is 67.9 Å². The van der Waals surface area contributed by atoms with Crippen molar-refractivity contribution in [2.24, 2.45) is 5.92 Å². The lowest BCUT2D eigenvalue weighted by molar-refractivity contribution is -0.126. The first-order valence-electron chi connectivity index (χ1n) is 12.3. The highest BCUT2D eigenvalue weighted by Crippen LogP contribution is 2.25. The van der Waals surface area contributed by atoms with Gasteiger partial charge in [-0.2, -0.15) is 0 Å². The molecule has 0 saturated carbocycles. The van der Waals surface area contributed by atoms with Gasteiger partial charge in [0.05, 0.1) is 0 Å².